The summed E-state index contributed by atoms with van der Waals surface area (Å²) >= 11 is 9.57. The van der Waals surface area contributed by atoms with Crippen LogP contribution in [0.15, 0.2) is 52.1 Å². The van der Waals surface area contributed by atoms with Crippen molar-refractivity contribution in [3.05, 3.63) is 68.3 Å². The van der Waals surface area contributed by atoms with E-state index >= 15 is 0 Å². The van der Waals surface area contributed by atoms with E-state index in [0.29, 0.717) is 51.4 Å². The molecule has 0 amide bonds. The summed E-state index contributed by atoms with van der Waals surface area (Å²) in [7, 11) is 1.34. The van der Waals surface area contributed by atoms with Crippen LogP contribution < -0.4 is 14.8 Å². The number of ether oxygens (including phenoxy) is 3. The lowest BCUT2D eigenvalue weighted by molar-refractivity contribution is -0.136. The van der Waals surface area contributed by atoms with E-state index in [4.69, 9.17) is 25.8 Å². The quantitative estimate of drug-likeness (QED) is 0.441. The van der Waals surface area contributed by atoms with Gasteiger partial charge in [0.1, 0.15) is 12.6 Å². The molecule has 0 saturated carbocycles. The Morgan fingerprint density at radius 1 is 1.24 bits per heavy atom. The molecule has 0 radical (unpaired) electrons. The highest BCUT2D eigenvalue weighted by molar-refractivity contribution is 9.10. The summed E-state index contributed by atoms with van der Waals surface area (Å²) < 4.78 is 19.2. The molecule has 33 heavy (non-hydrogen) atoms. The highest BCUT2D eigenvalue weighted by Crippen LogP contribution is 2.43. The van der Waals surface area contributed by atoms with Crippen molar-refractivity contribution in [1.82, 2.24) is 20.2 Å². The topological polar surface area (TPSA) is 100 Å². The standard InChI is InChI=1S/C22H21BrClN5O4/c1-4-32-17-10-14(9-16(23)20(17)33-11-13-5-7-15(24)8-6-13)19-18(21(30)31-3)12(2)25-22-26-27-28-29(19)22/h5-10,19H,4,11H2,1-3H3,(H,25,26,28). The molecule has 2 aromatic carbocycles. The first-order valence-electron chi connectivity index (χ1n) is 10.1. The summed E-state index contributed by atoms with van der Waals surface area (Å²) in [6, 6.07) is 10.5. The molecular weight excluding hydrogens is 514 g/mol. The van der Waals surface area contributed by atoms with E-state index in [1.54, 1.807) is 6.92 Å². The molecule has 0 spiro atoms. The smallest absolute Gasteiger partial charge is 0.338 e. The molecule has 4 rings (SSSR count). The van der Waals surface area contributed by atoms with Gasteiger partial charge in [-0.15, -0.1) is 0 Å². The second-order valence-corrected chi connectivity index (χ2v) is 8.47. The normalized spacial score (nSPS) is 15.0. The molecule has 0 fully saturated rings. The van der Waals surface area contributed by atoms with Gasteiger partial charge in [0.25, 0.3) is 0 Å². The van der Waals surface area contributed by atoms with E-state index in [-0.39, 0.29) is 0 Å². The first-order valence-corrected chi connectivity index (χ1v) is 11.3. The fraction of sp³-hybridized carbons (Fsp3) is 0.273. The summed E-state index contributed by atoms with van der Waals surface area (Å²) in [6.07, 6.45) is 0. The molecule has 1 aromatic heterocycles. The number of nitrogens with zero attached hydrogens (tertiary/aromatic N) is 4. The van der Waals surface area contributed by atoms with Crippen LogP contribution in [0.1, 0.15) is 31.0 Å². The minimum Gasteiger partial charge on any atom is -0.490 e. The van der Waals surface area contributed by atoms with Gasteiger partial charge in [-0.1, -0.05) is 28.8 Å². The average molecular weight is 535 g/mol. The van der Waals surface area contributed by atoms with Gasteiger partial charge in [0.2, 0.25) is 5.95 Å². The van der Waals surface area contributed by atoms with Gasteiger partial charge in [0.05, 0.1) is 23.8 Å². The molecule has 2 heterocycles. The number of carbonyl (C=O) groups excluding carboxylic acids is 1. The summed E-state index contributed by atoms with van der Waals surface area (Å²) in [4.78, 5) is 12.7. The zero-order valence-electron chi connectivity index (χ0n) is 18.1. The number of tetrazole rings is 1. The number of esters is 1. The van der Waals surface area contributed by atoms with Gasteiger partial charge in [0.15, 0.2) is 11.5 Å². The van der Waals surface area contributed by atoms with Crippen molar-refractivity contribution in [3.63, 3.8) is 0 Å². The minimum absolute atomic E-state index is 0.326. The van der Waals surface area contributed by atoms with E-state index in [1.807, 2.05) is 43.3 Å². The molecule has 1 atom stereocenters. The maximum atomic E-state index is 12.7. The SMILES string of the molecule is CCOc1cc(C2C(C(=O)OC)=C(C)Nc3nnnn32)cc(Br)c1OCc1ccc(Cl)cc1. The number of hydrogen-bond donors (Lipinski definition) is 1. The number of anilines is 1. The highest BCUT2D eigenvalue weighted by atomic mass is 79.9. The summed E-state index contributed by atoms with van der Waals surface area (Å²) in [5, 5.41) is 15.5. The molecular formula is C22H21BrClN5O4. The monoisotopic (exact) mass is 533 g/mol. The van der Waals surface area contributed by atoms with Gasteiger partial charge >= 0.3 is 5.97 Å². The highest BCUT2D eigenvalue weighted by Gasteiger charge is 2.35. The predicted octanol–water partition coefficient (Wildman–Crippen LogP) is 4.53. The lowest BCUT2D eigenvalue weighted by Gasteiger charge is -2.28. The molecule has 0 aliphatic carbocycles. The fourth-order valence-electron chi connectivity index (χ4n) is 3.58. The summed E-state index contributed by atoms with van der Waals surface area (Å²) in [6.45, 7) is 4.41. The number of fused-ring (bicyclic) bond motifs is 1. The lowest BCUT2D eigenvalue weighted by Crippen LogP contribution is -2.29. The van der Waals surface area contributed by atoms with Crippen LogP contribution in [0, 0.1) is 0 Å². The Morgan fingerprint density at radius 2 is 2.00 bits per heavy atom. The number of hydrogen-bond acceptors (Lipinski definition) is 8. The third-order valence-corrected chi connectivity index (χ3v) is 5.90. The van der Waals surface area contributed by atoms with Gasteiger partial charge in [-0.05, 0) is 75.6 Å². The number of nitrogens with one attached hydrogen (secondary N) is 1. The molecule has 1 N–H and O–H groups in total. The van der Waals surface area contributed by atoms with Gasteiger partial charge in [-0.2, -0.15) is 4.68 Å². The average Bonchev–Trinajstić information content (AvgIpc) is 3.26. The van der Waals surface area contributed by atoms with Crippen molar-refractivity contribution < 1.29 is 19.0 Å². The Bertz CT molecular complexity index is 1210. The largest absolute Gasteiger partial charge is 0.490 e. The molecule has 1 aliphatic heterocycles. The molecule has 0 saturated heterocycles. The van der Waals surface area contributed by atoms with Crippen LogP contribution in [-0.4, -0.2) is 39.9 Å². The summed E-state index contributed by atoms with van der Waals surface area (Å²) in [5.41, 5.74) is 2.67. The molecule has 1 unspecified atom stereocenters. The van der Waals surface area contributed by atoms with Crippen LogP contribution in [0.4, 0.5) is 5.95 Å². The van der Waals surface area contributed by atoms with Crippen molar-refractivity contribution in [3.8, 4) is 11.5 Å². The van der Waals surface area contributed by atoms with Crippen molar-refractivity contribution in [2.24, 2.45) is 0 Å². The Hall–Kier alpha value is -3.11. The summed E-state index contributed by atoms with van der Waals surface area (Å²) in [5.74, 6) is 0.998. The van der Waals surface area contributed by atoms with Crippen LogP contribution in [0.25, 0.3) is 0 Å². The molecule has 9 nitrogen and oxygen atoms in total. The third kappa shape index (κ3) is 4.67. The second-order valence-electron chi connectivity index (χ2n) is 7.18. The van der Waals surface area contributed by atoms with Gasteiger partial charge in [-0.25, -0.2) is 4.79 Å². The predicted molar refractivity (Wildman–Crippen MR) is 125 cm³/mol. The maximum absolute atomic E-state index is 12.7. The van der Waals surface area contributed by atoms with E-state index in [9.17, 15) is 4.79 Å². The van der Waals surface area contributed by atoms with E-state index in [2.05, 4.69) is 36.8 Å². The van der Waals surface area contributed by atoms with Gasteiger partial charge in [0, 0.05) is 10.7 Å². The molecule has 172 valence electrons. The number of aromatic nitrogens is 4. The number of allylic oxidation sites excluding steroid dienone is 1. The number of halogens is 2. The van der Waals surface area contributed by atoms with E-state index in [0.717, 1.165) is 11.1 Å². The lowest BCUT2D eigenvalue weighted by atomic mass is 9.95. The van der Waals surface area contributed by atoms with Crippen LogP contribution in [0.2, 0.25) is 5.02 Å². The van der Waals surface area contributed by atoms with Crippen molar-refractivity contribution >= 4 is 39.4 Å². The van der Waals surface area contributed by atoms with Crippen molar-refractivity contribution in [1.29, 1.82) is 0 Å². The number of benzene rings is 2. The van der Waals surface area contributed by atoms with E-state index < -0.39 is 12.0 Å². The Labute approximate surface area is 203 Å². The minimum atomic E-state index is -0.621. The van der Waals surface area contributed by atoms with Crippen LogP contribution in [0.5, 0.6) is 11.5 Å². The van der Waals surface area contributed by atoms with Gasteiger partial charge in [-0.3, -0.25) is 0 Å². The Morgan fingerprint density at radius 3 is 2.70 bits per heavy atom. The second kappa shape index (κ2) is 9.80. The number of rotatable bonds is 7. The maximum Gasteiger partial charge on any atom is 0.338 e. The zero-order valence-corrected chi connectivity index (χ0v) is 20.5. The van der Waals surface area contributed by atoms with Crippen molar-refractivity contribution in [2.45, 2.75) is 26.5 Å². The zero-order chi connectivity index (χ0) is 23.5. The van der Waals surface area contributed by atoms with Crippen LogP contribution in [-0.2, 0) is 16.1 Å². The first kappa shape index (κ1) is 23.1. The van der Waals surface area contributed by atoms with Crippen LogP contribution in [0.3, 0.4) is 0 Å². The van der Waals surface area contributed by atoms with Crippen LogP contribution >= 0.6 is 27.5 Å². The third-order valence-electron chi connectivity index (χ3n) is 5.06. The van der Waals surface area contributed by atoms with Gasteiger partial charge < -0.3 is 19.5 Å². The molecule has 1 aliphatic rings. The first-order chi connectivity index (χ1) is 15.9. The number of carbonyl (C=O) groups is 1. The van der Waals surface area contributed by atoms with E-state index in [1.165, 1.54) is 11.8 Å². The Kier molecular flexibility index (Phi) is 6.85. The molecule has 0 bridgehead atoms. The van der Waals surface area contributed by atoms with Crippen molar-refractivity contribution in [2.75, 3.05) is 19.0 Å². The molecule has 3 aromatic rings. The number of methoxy groups -OCH3 is 1. The molecule has 11 heteroatoms. The Balaban J connectivity index is 1.75. The fourth-order valence-corrected chi connectivity index (χ4v) is 4.28.